The molecule has 2 N–H and O–H groups in total. The van der Waals surface area contributed by atoms with E-state index in [0.717, 1.165) is 18.2 Å². The number of hydrogen-bond donors (Lipinski definition) is 1. The van der Waals surface area contributed by atoms with Gasteiger partial charge < -0.3 is 10.6 Å². The summed E-state index contributed by atoms with van der Waals surface area (Å²) in [6.45, 7) is 2.23. The Morgan fingerprint density at radius 2 is 2.18 bits per heavy atom. The molecule has 0 aromatic heterocycles. The molecule has 3 nitrogen and oxygen atoms in total. The van der Waals surface area contributed by atoms with Crippen molar-refractivity contribution in [3.63, 3.8) is 0 Å². The van der Waals surface area contributed by atoms with Crippen LogP contribution in [0, 0.1) is 11.6 Å². The average Bonchev–Trinajstić information content (AvgIpc) is 2.56. The summed E-state index contributed by atoms with van der Waals surface area (Å²) in [5.74, 6) is -1.17. The number of halogens is 2. The fourth-order valence-electron chi connectivity index (χ4n) is 2.33. The van der Waals surface area contributed by atoms with Crippen LogP contribution in [-0.4, -0.2) is 23.4 Å². The summed E-state index contributed by atoms with van der Waals surface area (Å²) < 4.78 is 26.8. The number of carbonyl (C=O) groups is 1. The Bertz CT molecular complexity index is 450. The molecule has 2 unspecified atom stereocenters. The molecule has 1 heterocycles. The number of nitrogens with two attached hydrogens (primary N) is 1. The van der Waals surface area contributed by atoms with E-state index in [-0.39, 0.29) is 17.9 Å². The maximum atomic E-state index is 13.7. The second-order valence-corrected chi connectivity index (χ2v) is 4.16. The Kier molecular flexibility index (Phi) is 3.11. The zero-order valence-corrected chi connectivity index (χ0v) is 9.49. The fourth-order valence-corrected chi connectivity index (χ4v) is 2.33. The van der Waals surface area contributed by atoms with E-state index in [2.05, 4.69) is 0 Å². The van der Waals surface area contributed by atoms with Crippen LogP contribution in [0.15, 0.2) is 18.2 Å². The van der Waals surface area contributed by atoms with Crippen molar-refractivity contribution < 1.29 is 13.6 Å². The number of carbonyl (C=O) groups excluding carboxylic acids is 1. The van der Waals surface area contributed by atoms with Crippen molar-refractivity contribution in [1.29, 1.82) is 0 Å². The van der Waals surface area contributed by atoms with E-state index < -0.39 is 23.7 Å². The minimum Gasteiger partial charge on any atom is -0.334 e. The van der Waals surface area contributed by atoms with E-state index in [1.54, 1.807) is 6.92 Å². The van der Waals surface area contributed by atoms with Crippen LogP contribution in [0.25, 0.3) is 0 Å². The van der Waals surface area contributed by atoms with Gasteiger partial charge in [0.15, 0.2) is 0 Å². The molecule has 1 aliphatic rings. The van der Waals surface area contributed by atoms with E-state index in [1.165, 1.54) is 4.90 Å². The van der Waals surface area contributed by atoms with Crippen molar-refractivity contribution in [1.82, 2.24) is 4.90 Å². The minimum absolute atomic E-state index is 0.117. The van der Waals surface area contributed by atoms with Gasteiger partial charge in [0.25, 0.3) is 0 Å². The number of nitrogens with zero attached hydrogens (tertiary/aromatic N) is 1. The lowest BCUT2D eigenvalue weighted by Crippen LogP contribution is -2.33. The van der Waals surface area contributed by atoms with Crippen LogP contribution in [0.2, 0.25) is 0 Å². The van der Waals surface area contributed by atoms with Crippen molar-refractivity contribution in [2.45, 2.75) is 25.4 Å². The number of likely N-dealkylation sites (N-methyl/N-ethyl adjacent to an activating group) is 1. The number of benzene rings is 1. The van der Waals surface area contributed by atoms with Gasteiger partial charge in [0.05, 0.1) is 6.04 Å². The second-order valence-electron chi connectivity index (χ2n) is 4.16. The molecule has 1 aromatic rings. The van der Waals surface area contributed by atoms with E-state index in [4.69, 9.17) is 5.73 Å². The zero-order chi connectivity index (χ0) is 12.6. The van der Waals surface area contributed by atoms with Gasteiger partial charge in [-0.2, -0.15) is 0 Å². The van der Waals surface area contributed by atoms with Gasteiger partial charge in [-0.05, 0) is 25.1 Å². The van der Waals surface area contributed by atoms with E-state index >= 15 is 0 Å². The molecule has 1 aromatic carbocycles. The summed E-state index contributed by atoms with van der Waals surface area (Å²) in [6, 6.07) is 2.17. The summed E-state index contributed by atoms with van der Waals surface area (Å²) in [6.07, 6.45) is 0.175. The molecule has 92 valence electrons. The quantitative estimate of drug-likeness (QED) is 0.853. The van der Waals surface area contributed by atoms with Gasteiger partial charge in [0, 0.05) is 24.6 Å². The first-order valence-corrected chi connectivity index (χ1v) is 5.54. The van der Waals surface area contributed by atoms with Crippen LogP contribution < -0.4 is 5.73 Å². The highest BCUT2D eigenvalue weighted by molar-refractivity contribution is 5.80. The molecule has 0 bridgehead atoms. The molecule has 1 aliphatic heterocycles. The van der Waals surface area contributed by atoms with Gasteiger partial charge in [-0.1, -0.05) is 0 Å². The summed E-state index contributed by atoms with van der Waals surface area (Å²) in [4.78, 5) is 13.1. The highest BCUT2D eigenvalue weighted by Gasteiger charge is 2.39. The highest BCUT2D eigenvalue weighted by atomic mass is 19.1. The second kappa shape index (κ2) is 4.41. The van der Waals surface area contributed by atoms with Gasteiger partial charge in [-0.3, -0.25) is 4.79 Å². The molecule has 2 atom stereocenters. The largest absolute Gasteiger partial charge is 0.334 e. The Morgan fingerprint density at radius 3 is 2.82 bits per heavy atom. The average molecular weight is 240 g/mol. The van der Waals surface area contributed by atoms with Crippen LogP contribution in [0.5, 0.6) is 0 Å². The van der Waals surface area contributed by atoms with Crippen LogP contribution in [0.4, 0.5) is 8.78 Å². The third kappa shape index (κ3) is 2.02. The summed E-state index contributed by atoms with van der Waals surface area (Å²) in [5, 5.41) is 0. The monoisotopic (exact) mass is 240 g/mol. The van der Waals surface area contributed by atoms with Gasteiger partial charge >= 0.3 is 0 Å². The fraction of sp³-hybridized carbons (Fsp3) is 0.417. The Hall–Kier alpha value is -1.49. The first-order valence-electron chi connectivity index (χ1n) is 5.54. The van der Waals surface area contributed by atoms with Crippen LogP contribution >= 0.6 is 0 Å². The standard InChI is InChI=1S/C12H14F2N2O/c1-2-16-11(17)6-10(15)12(16)8-5-7(13)3-4-9(8)14/h3-5,10,12H,2,6,15H2,1H3. The third-order valence-corrected chi connectivity index (χ3v) is 3.09. The van der Waals surface area contributed by atoms with Crippen molar-refractivity contribution >= 4 is 5.91 Å². The van der Waals surface area contributed by atoms with E-state index in [9.17, 15) is 13.6 Å². The van der Waals surface area contributed by atoms with Crippen molar-refractivity contribution in [3.8, 4) is 0 Å². The molecular weight excluding hydrogens is 226 g/mol. The molecule has 2 rings (SSSR count). The van der Waals surface area contributed by atoms with Crippen LogP contribution in [-0.2, 0) is 4.79 Å². The molecule has 1 saturated heterocycles. The topological polar surface area (TPSA) is 46.3 Å². The molecule has 0 spiro atoms. The minimum atomic E-state index is -0.566. The molecule has 17 heavy (non-hydrogen) atoms. The predicted octanol–water partition coefficient (Wildman–Crippen LogP) is 1.59. The first-order chi connectivity index (χ1) is 8.04. The third-order valence-electron chi connectivity index (χ3n) is 3.09. The number of rotatable bonds is 2. The number of amides is 1. The van der Waals surface area contributed by atoms with Crippen LogP contribution in [0.1, 0.15) is 24.9 Å². The number of hydrogen-bond acceptors (Lipinski definition) is 2. The summed E-state index contributed by atoms with van der Waals surface area (Å²) >= 11 is 0. The Labute approximate surface area is 98.2 Å². The maximum Gasteiger partial charge on any atom is 0.224 e. The normalized spacial score (nSPS) is 24.5. The zero-order valence-electron chi connectivity index (χ0n) is 9.49. The number of likely N-dealkylation sites (tertiary alicyclic amines) is 1. The molecule has 1 fully saturated rings. The predicted molar refractivity (Wildman–Crippen MR) is 59.1 cm³/mol. The van der Waals surface area contributed by atoms with Crippen molar-refractivity contribution in [2.75, 3.05) is 6.54 Å². The van der Waals surface area contributed by atoms with Gasteiger partial charge in [-0.25, -0.2) is 8.78 Å². The van der Waals surface area contributed by atoms with Gasteiger partial charge in [0.2, 0.25) is 5.91 Å². The SMILES string of the molecule is CCN1C(=O)CC(N)C1c1cc(F)ccc1F. The lowest BCUT2D eigenvalue weighted by atomic mass is 10.00. The van der Waals surface area contributed by atoms with Gasteiger partial charge in [-0.15, -0.1) is 0 Å². The molecule has 0 radical (unpaired) electrons. The highest BCUT2D eigenvalue weighted by Crippen LogP contribution is 2.33. The Balaban J connectivity index is 2.44. The summed E-state index contributed by atoms with van der Waals surface area (Å²) in [5.41, 5.74) is 5.99. The first kappa shape index (κ1) is 12.0. The van der Waals surface area contributed by atoms with Crippen LogP contribution in [0.3, 0.4) is 0 Å². The van der Waals surface area contributed by atoms with E-state index in [1.807, 2.05) is 0 Å². The molecular formula is C12H14F2N2O. The van der Waals surface area contributed by atoms with Gasteiger partial charge in [0.1, 0.15) is 11.6 Å². The van der Waals surface area contributed by atoms with E-state index in [0.29, 0.717) is 6.54 Å². The lowest BCUT2D eigenvalue weighted by Gasteiger charge is -2.26. The molecule has 0 saturated carbocycles. The smallest absolute Gasteiger partial charge is 0.224 e. The maximum absolute atomic E-state index is 13.7. The Morgan fingerprint density at radius 1 is 1.47 bits per heavy atom. The van der Waals surface area contributed by atoms with Crippen molar-refractivity contribution in [2.24, 2.45) is 5.73 Å². The lowest BCUT2D eigenvalue weighted by molar-refractivity contribution is -0.128. The molecule has 1 amide bonds. The summed E-state index contributed by atoms with van der Waals surface area (Å²) in [7, 11) is 0. The molecule has 0 aliphatic carbocycles. The molecule has 5 heteroatoms. The van der Waals surface area contributed by atoms with Crippen molar-refractivity contribution in [3.05, 3.63) is 35.4 Å².